The molecule has 2 aliphatic heterocycles. The lowest BCUT2D eigenvalue weighted by atomic mass is 9.93. The summed E-state index contributed by atoms with van der Waals surface area (Å²) in [5.41, 5.74) is 7.63. The minimum Gasteiger partial charge on any atom is -0.487 e. The number of hydrogen-bond acceptors (Lipinski definition) is 9. The number of esters is 1. The van der Waals surface area contributed by atoms with Crippen molar-refractivity contribution in [2.45, 2.75) is 45.1 Å². The fraction of sp³-hybridized carbons (Fsp3) is 0.640. The summed E-state index contributed by atoms with van der Waals surface area (Å²) in [5, 5.41) is 2.20. The van der Waals surface area contributed by atoms with E-state index >= 15 is 0 Å². The normalized spacial score (nSPS) is 16.9. The molecule has 10 nitrogen and oxygen atoms in total. The van der Waals surface area contributed by atoms with Crippen molar-refractivity contribution in [3.63, 3.8) is 0 Å². The van der Waals surface area contributed by atoms with Crippen molar-refractivity contribution in [2.24, 2.45) is 11.7 Å². The summed E-state index contributed by atoms with van der Waals surface area (Å²) in [4.78, 5) is 40.9. The van der Waals surface area contributed by atoms with E-state index in [9.17, 15) is 14.4 Å². The summed E-state index contributed by atoms with van der Waals surface area (Å²) in [6, 6.07) is 6.32. The van der Waals surface area contributed by atoms with Gasteiger partial charge in [0.15, 0.2) is 5.75 Å². The molecule has 0 aliphatic carbocycles. The third-order valence-corrected chi connectivity index (χ3v) is 6.77. The zero-order valence-electron chi connectivity index (χ0n) is 20.9. The van der Waals surface area contributed by atoms with Crippen LogP contribution < -0.4 is 25.6 Å². The van der Waals surface area contributed by atoms with Crippen molar-refractivity contribution in [3.8, 4) is 5.75 Å². The summed E-state index contributed by atoms with van der Waals surface area (Å²) < 4.78 is 11.5. The number of piperidine rings is 1. The Morgan fingerprint density at radius 1 is 1.29 bits per heavy atom. The highest BCUT2D eigenvalue weighted by Crippen LogP contribution is 2.42. The fourth-order valence-electron chi connectivity index (χ4n) is 4.73. The fourth-order valence-corrected chi connectivity index (χ4v) is 4.73. The first-order chi connectivity index (χ1) is 16.9. The smallest absolute Gasteiger partial charge is 0.307 e. The SMILES string of the molecule is CC(CCC(=O)NC=O)N1CCOc2c(N3CCC(CC(=O)OCN(C)CCN)CC3)cccc21. The van der Waals surface area contributed by atoms with Crippen LogP contribution in [0.3, 0.4) is 0 Å². The molecule has 10 heteroatoms. The third kappa shape index (κ3) is 7.57. The number of fused-ring (bicyclic) bond motifs is 1. The van der Waals surface area contributed by atoms with Gasteiger partial charge in [0.1, 0.15) is 13.3 Å². The van der Waals surface area contributed by atoms with E-state index in [-0.39, 0.29) is 24.6 Å². The zero-order valence-corrected chi connectivity index (χ0v) is 20.9. The van der Waals surface area contributed by atoms with Gasteiger partial charge in [-0.3, -0.25) is 24.6 Å². The molecule has 1 aromatic carbocycles. The van der Waals surface area contributed by atoms with E-state index in [2.05, 4.69) is 34.2 Å². The molecular weight excluding hydrogens is 450 g/mol. The molecule has 1 unspecified atom stereocenters. The molecule has 0 spiro atoms. The average Bonchev–Trinajstić information content (AvgIpc) is 2.86. The number of rotatable bonds is 12. The number of ether oxygens (including phenoxy) is 2. The van der Waals surface area contributed by atoms with Crippen molar-refractivity contribution >= 4 is 29.7 Å². The molecule has 1 fully saturated rings. The summed E-state index contributed by atoms with van der Waals surface area (Å²) in [6.45, 7) is 6.63. The van der Waals surface area contributed by atoms with Gasteiger partial charge in [-0.05, 0) is 51.3 Å². The first kappa shape index (κ1) is 26.7. The second-order valence-corrected chi connectivity index (χ2v) is 9.39. The molecule has 1 aromatic rings. The molecule has 2 aliphatic rings. The molecule has 194 valence electrons. The van der Waals surface area contributed by atoms with Gasteiger partial charge in [0.2, 0.25) is 12.3 Å². The summed E-state index contributed by atoms with van der Waals surface area (Å²) in [6.07, 6.45) is 3.65. The van der Waals surface area contributed by atoms with Gasteiger partial charge >= 0.3 is 5.97 Å². The van der Waals surface area contributed by atoms with Gasteiger partial charge < -0.3 is 25.0 Å². The second kappa shape index (κ2) is 13.3. The number of carbonyl (C=O) groups is 3. The van der Waals surface area contributed by atoms with Crippen LogP contribution in [-0.4, -0.2) is 82.3 Å². The lowest BCUT2D eigenvalue weighted by Crippen LogP contribution is -2.41. The number of hydrogen-bond donors (Lipinski definition) is 2. The number of carbonyl (C=O) groups excluding carboxylic acids is 3. The van der Waals surface area contributed by atoms with E-state index in [0.29, 0.717) is 51.3 Å². The molecule has 0 radical (unpaired) electrons. The number of anilines is 2. The van der Waals surface area contributed by atoms with E-state index in [4.69, 9.17) is 15.2 Å². The van der Waals surface area contributed by atoms with Crippen molar-refractivity contribution in [3.05, 3.63) is 18.2 Å². The van der Waals surface area contributed by atoms with E-state index in [0.717, 1.165) is 49.6 Å². The lowest BCUT2D eigenvalue weighted by Gasteiger charge is -2.40. The Morgan fingerprint density at radius 2 is 2.03 bits per heavy atom. The van der Waals surface area contributed by atoms with E-state index in [1.165, 1.54) is 0 Å². The minimum absolute atomic E-state index is 0.131. The quantitative estimate of drug-likeness (QED) is 0.255. The lowest BCUT2D eigenvalue weighted by molar-refractivity contribution is -0.149. The van der Waals surface area contributed by atoms with Crippen molar-refractivity contribution in [1.82, 2.24) is 10.2 Å². The highest BCUT2D eigenvalue weighted by atomic mass is 16.5. The van der Waals surface area contributed by atoms with Gasteiger partial charge in [0.25, 0.3) is 0 Å². The Hall–Kier alpha value is -2.85. The highest BCUT2D eigenvalue weighted by Gasteiger charge is 2.29. The number of imide groups is 1. The van der Waals surface area contributed by atoms with Crippen LogP contribution in [0.4, 0.5) is 11.4 Å². The Labute approximate surface area is 207 Å². The van der Waals surface area contributed by atoms with Gasteiger partial charge in [-0.1, -0.05) is 6.07 Å². The standard InChI is InChI=1S/C25H39N5O5/c1-19(6-7-23(32)27-17-31)30-14-15-34-25-21(4-3-5-22(25)30)29-11-8-20(9-12-29)16-24(33)35-18-28(2)13-10-26/h3-5,17,19-20H,6-16,18,26H2,1-2H3,(H,27,31,32). The largest absolute Gasteiger partial charge is 0.487 e. The molecule has 0 aromatic heterocycles. The maximum atomic E-state index is 12.2. The van der Waals surface area contributed by atoms with Crippen LogP contribution >= 0.6 is 0 Å². The van der Waals surface area contributed by atoms with Crippen LogP contribution in [0.1, 0.15) is 39.0 Å². The average molecular weight is 490 g/mol. The summed E-state index contributed by atoms with van der Waals surface area (Å²) >= 11 is 0. The van der Waals surface area contributed by atoms with Crippen LogP contribution in [-0.2, 0) is 19.1 Å². The number of nitrogens with one attached hydrogen (secondary N) is 1. The molecule has 3 N–H and O–H groups in total. The Morgan fingerprint density at radius 3 is 2.74 bits per heavy atom. The first-order valence-electron chi connectivity index (χ1n) is 12.5. The second-order valence-electron chi connectivity index (χ2n) is 9.39. The van der Waals surface area contributed by atoms with Crippen LogP contribution in [0.5, 0.6) is 5.75 Å². The minimum atomic E-state index is -0.261. The first-order valence-corrected chi connectivity index (χ1v) is 12.5. The summed E-state index contributed by atoms with van der Waals surface area (Å²) in [7, 11) is 1.88. The highest BCUT2D eigenvalue weighted by molar-refractivity contribution is 5.85. The molecule has 1 atom stereocenters. The van der Waals surface area contributed by atoms with Gasteiger partial charge in [-0.2, -0.15) is 0 Å². The van der Waals surface area contributed by atoms with Crippen LogP contribution in [0.25, 0.3) is 0 Å². The predicted octanol–water partition coefficient (Wildman–Crippen LogP) is 1.32. The molecule has 35 heavy (non-hydrogen) atoms. The predicted molar refractivity (Wildman–Crippen MR) is 134 cm³/mol. The van der Waals surface area contributed by atoms with E-state index < -0.39 is 0 Å². The summed E-state index contributed by atoms with van der Waals surface area (Å²) in [5.74, 6) is 0.777. The molecule has 3 rings (SSSR count). The van der Waals surface area contributed by atoms with Crippen LogP contribution in [0, 0.1) is 5.92 Å². The van der Waals surface area contributed by atoms with Gasteiger partial charge in [0, 0.05) is 45.1 Å². The number of amides is 2. The maximum Gasteiger partial charge on any atom is 0.307 e. The Balaban J connectivity index is 1.55. The van der Waals surface area contributed by atoms with Gasteiger partial charge in [0.05, 0.1) is 17.9 Å². The Kier molecular flexibility index (Phi) is 10.2. The van der Waals surface area contributed by atoms with Gasteiger partial charge in [-0.15, -0.1) is 0 Å². The third-order valence-electron chi connectivity index (χ3n) is 6.77. The monoisotopic (exact) mass is 489 g/mol. The number of nitrogens with two attached hydrogens (primary N) is 1. The maximum absolute atomic E-state index is 12.2. The molecule has 0 bridgehead atoms. The molecule has 2 amide bonds. The number of benzene rings is 1. The van der Waals surface area contributed by atoms with E-state index in [1.807, 2.05) is 18.0 Å². The number of para-hydroxylation sites is 1. The molecular formula is C25H39N5O5. The number of nitrogens with zero attached hydrogens (tertiary/aromatic N) is 3. The van der Waals surface area contributed by atoms with Crippen molar-refractivity contribution in [2.75, 3.05) is 62.9 Å². The topological polar surface area (TPSA) is 117 Å². The Bertz CT molecular complexity index is 859. The van der Waals surface area contributed by atoms with E-state index in [1.54, 1.807) is 0 Å². The zero-order chi connectivity index (χ0) is 25.2. The van der Waals surface area contributed by atoms with Crippen molar-refractivity contribution < 1.29 is 23.9 Å². The van der Waals surface area contributed by atoms with Gasteiger partial charge in [-0.25, -0.2) is 0 Å². The van der Waals surface area contributed by atoms with Crippen LogP contribution in [0.15, 0.2) is 18.2 Å². The van der Waals surface area contributed by atoms with Crippen LogP contribution in [0.2, 0.25) is 0 Å². The molecule has 2 heterocycles. The number of likely N-dealkylation sites (N-methyl/N-ethyl adjacent to an activating group) is 1. The molecule has 1 saturated heterocycles. The molecule has 0 saturated carbocycles. The van der Waals surface area contributed by atoms with Crippen molar-refractivity contribution in [1.29, 1.82) is 0 Å².